The van der Waals surface area contributed by atoms with Crippen LogP contribution in [0.5, 0.6) is 11.5 Å². The molecule has 1 amide bonds. The predicted octanol–water partition coefficient (Wildman–Crippen LogP) is 5.22. The zero-order chi connectivity index (χ0) is 21.4. The average molecular weight is 435 g/mol. The molecule has 1 fully saturated rings. The SMILES string of the molecule is CC(C)/N=C1\S/C(=C\c2ccc3c(c2)OCCO3)C(=O)N1c1cccc2c1CCCC2. The second-order valence-electron chi connectivity index (χ2n) is 8.28. The standard InChI is InChI=1S/C25H26N2O3S/c1-16(2)26-25-27(20-9-5-7-18-6-3-4-8-19(18)20)24(28)23(31-25)15-17-10-11-21-22(14-17)30-13-12-29-21/h5,7,9-11,14-16H,3-4,6,8,12-13H2,1-2H3/b23-15-,26-25-. The maximum atomic E-state index is 13.6. The topological polar surface area (TPSA) is 51.1 Å². The third-order valence-corrected chi connectivity index (χ3v) is 6.63. The van der Waals surface area contributed by atoms with E-state index < -0.39 is 0 Å². The van der Waals surface area contributed by atoms with E-state index in [0.29, 0.717) is 18.1 Å². The molecule has 31 heavy (non-hydrogen) atoms. The van der Waals surface area contributed by atoms with E-state index in [1.165, 1.54) is 29.3 Å². The van der Waals surface area contributed by atoms with Crippen molar-refractivity contribution in [1.82, 2.24) is 0 Å². The summed E-state index contributed by atoms with van der Waals surface area (Å²) in [5.74, 6) is 1.46. The maximum absolute atomic E-state index is 13.6. The Morgan fingerprint density at radius 2 is 1.87 bits per heavy atom. The van der Waals surface area contributed by atoms with E-state index >= 15 is 0 Å². The van der Waals surface area contributed by atoms with Crippen LogP contribution in [0.2, 0.25) is 0 Å². The Labute approximate surface area is 187 Å². The molecule has 5 nitrogen and oxygen atoms in total. The Balaban J connectivity index is 1.54. The highest BCUT2D eigenvalue weighted by Gasteiger charge is 2.36. The third kappa shape index (κ3) is 3.97. The molecule has 0 saturated carbocycles. The van der Waals surface area contributed by atoms with Gasteiger partial charge in [0.25, 0.3) is 5.91 Å². The molecule has 0 atom stereocenters. The van der Waals surface area contributed by atoms with Crippen LogP contribution in [0.25, 0.3) is 6.08 Å². The Hall–Kier alpha value is -2.73. The summed E-state index contributed by atoms with van der Waals surface area (Å²) >= 11 is 1.45. The van der Waals surface area contributed by atoms with E-state index in [2.05, 4.69) is 18.2 Å². The summed E-state index contributed by atoms with van der Waals surface area (Å²) in [6.45, 7) is 5.18. The highest BCUT2D eigenvalue weighted by Crippen LogP contribution is 2.40. The maximum Gasteiger partial charge on any atom is 0.271 e. The Morgan fingerprint density at radius 1 is 1.06 bits per heavy atom. The van der Waals surface area contributed by atoms with Crippen molar-refractivity contribution in [1.29, 1.82) is 0 Å². The first-order valence-electron chi connectivity index (χ1n) is 10.9. The molecular formula is C25H26N2O3S. The molecule has 0 radical (unpaired) electrons. The number of fused-ring (bicyclic) bond motifs is 2. The summed E-state index contributed by atoms with van der Waals surface area (Å²) in [6, 6.07) is 12.2. The van der Waals surface area contributed by atoms with Gasteiger partial charge in [-0.2, -0.15) is 0 Å². The molecule has 2 aliphatic heterocycles. The van der Waals surface area contributed by atoms with Gasteiger partial charge in [0.05, 0.1) is 10.6 Å². The number of aliphatic imine (C=N–C) groups is 1. The highest BCUT2D eigenvalue weighted by atomic mass is 32.2. The van der Waals surface area contributed by atoms with Crippen molar-refractivity contribution < 1.29 is 14.3 Å². The van der Waals surface area contributed by atoms with Crippen molar-refractivity contribution in [3.63, 3.8) is 0 Å². The number of benzene rings is 2. The van der Waals surface area contributed by atoms with Crippen molar-refractivity contribution in [3.05, 3.63) is 58.0 Å². The number of rotatable bonds is 3. The van der Waals surface area contributed by atoms with E-state index in [9.17, 15) is 4.79 Å². The second kappa shape index (κ2) is 8.42. The van der Waals surface area contributed by atoms with Gasteiger partial charge in [0.1, 0.15) is 13.2 Å². The zero-order valence-electron chi connectivity index (χ0n) is 17.9. The van der Waals surface area contributed by atoms with Crippen LogP contribution >= 0.6 is 11.8 Å². The fraction of sp³-hybridized carbons (Fsp3) is 0.360. The minimum Gasteiger partial charge on any atom is -0.486 e. The van der Waals surface area contributed by atoms with E-state index in [0.717, 1.165) is 47.2 Å². The Morgan fingerprint density at radius 3 is 2.71 bits per heavy atom. The first-order valence-corrected chi connectivity index (χ1v) is 11.7. The van der Waals surface area contributed by atoms with Crippen LogP contribution in [0.1, 0.15) is 43.4 Å². The zero-order valence-corrected chi connectivity index (χ0v) is 18.7. The van der Waals surface area contributed by atoms with Crippen LogP contribution in [0.4, 0.5) is 5.69 Å². The Kier molecular flexibility index (Phi) is 5.48. The van der Waals surface area contributed by atoms with Crippen molar-refractivity contribution in [2.24, 2.45) is 4.99 Å². The van der Waals surface area contributed by atoms with E-state index in [1.54, 1.807) is 0 Å². The van der Waals surface area contributed by atoms with E-state index in [-0.39, 0.29) is 11.9 Å². The molecular weight excluding hydrogens is 408 g/mol. The van der Waals surface area contributed by atoms with Gasteiger partial charge in [-0.15, -0.1) is 0 Å². The molecule has 3 aliphatic rings. The first-order chi connectivity index (χ1) is 15.1. The number of amides is 1. The van der Waals surface area contributed by atoms with Crippen molar-refractivity contribution in [2.45, 2.75) is 45.6 Å². The lowest BCUT2D eigenvalue weighted by molar-refractivity contribution is -0.113. The number of anilines is 1. The lowest BCUT2D eigenvalue weighted by atomic mass is 9.90. The third-order valence-electron chi connectivity index (χ3n) is 5.65. The number of hydrogen-bond donors (Lipinski definition) is 0. The quantitative estimate of drug-likeness (QED) is 0.622. The number of nitrogens with zero attached hydrogens (tertiary/aromatic N) is 2. The van der Waals surface area contributed by atoms with Gasteiger partial charge in [-0.25, -0.2) is 0 Å². The molecule has 0 bridgehead atoms. The van der Waals surface area contributed by atoms with Crippen LogP contribution in [-0.4, -0.2) is 30.3 Å². The summed E-state index contributed by atoms with van der Waals surface area (Å²) in [6.07, 6.45) is 6.39. The van der Waals surface area contributed by atoms with Gasteiger partial charge in [-0.1, -0.05) is 18.2 Å². The molecule has 2 aromatic carbocycles. The molecule has 0 aromatic heterocycles. The van der Waals surface area contributed by atoms with E-state index in [1.807, 2.05) is 43.0 Å². The summed E-state index contributed by atoms with van der Waals surface area (Å²) in [7, 11) is 0. The van der Waals surface area contributed by atoms with Gasteiger partial charge < -0.3 is 9.47 Å². The lowest BCUT2D eigenvalue weighted by Gasteiger charge is -2.24. The number of carbonyl (C=O) groups is 1. The molecule has 6 heteroatoms. The van der Waals surface area contributed by atoms with Crippen LogP contribution in [0, 0.1) is 0 Å². The molecule has 5 rings (SSSR count). The summed E-state index contributed by atoms with van der Waals surface area (Å²) < 4.78 is 11.3. The molecule has 1 aliphatic carbocycles. The average Bonchev–Trinajstić information content (AvgIpc) is 3.07. The van der Waals surface area contributed by atoms with Crippen LogP contribution in [0.3, 0.4) is 0 Å². The monoisotopic (exact) mass is 434 g/mol. The number of hydrogen-bond acceptors (Lipinski definition) is 5. The minimum absolute atomic E-state index is 0.0155. The number of amidine groups is 1. The van der Waals surface area contributed by atoms with Crippen LogP contribution < -0.4 is 14.4 Å². The fourth-order valence-corrected chi connectivity index (χ4v) is 5.37. The molecule has 0 unspecified atom stereocenters. The second-order valence-corrected chi connectivity index (χ2v) is 9.29. The summed E-state index contributed by atoms with van der Waals surface area (Å²) in [5.41, 5.74) is 4.55. The number of carbonyl (C=O) groups excluding carboxylic acids is 1. The molecule has 1 saturated heterocycles. The smallest absolute Gasteiger partial charge is 0.271 e. The fourth-order valence-electron chi connectivity index (χ4n) is 4.27. The molecule has 2 heterocycles. The van der Waals surface area contributed by atoms with Gasteiger partial charge in [0.15, 0.2) is 16.7 Å². The largest absolute Gasteiger partial charge is 0.486 e. The molecule has 0 spiro atoms. The number of aryl methyl sites for hydroxylation is 1. The minimum atomic E-state index is -0.0155. The first kappa shape index (κ1) is 20.2. The molecule has 160 valence electrons. The molecule has 2 aromatic rings. The lowest BCUT2D eigenvalue weighted by Crippen LogP contribution is -2.31. The van der Waals surface area contributed by atoms with Gasteiger partial charge in [-0.05, 0) is 92.3 Å². The number of thioether (sulfide) groups is 1. The highest BCUT2D eigenvalue weighted by molar-refractivity contribution is 8.19. The predicted molar refractivity (Wildman–Crippen MR) is 126 cm³/mol. The van der Waals surface area contributed by atoms with Crippen molar-refractivity contribution in [2.75, 3.05) is 18.1 Å². The Bertz CT molecular complexity index is 1090. The van der Waals surface area contributed by atoms with Crippen molar-refractivity contribution in [3.8, 4) is 11.5 Å². The van der Waals surface area contributed by atoms with Gasteiger partial charge in [-0.3, -0.25) is 14.7 Å². The van der Waals surface area contributed by atoms with E-state index in [4.69, 9.17) is 14.5 Å². The molecule has 0 N–H and O–H groups in total. The van der Waals surface area contributed by atoms with Crippen LogP contribution in [-0.2, 0) is 17.6 Å². The van der Waals surface area contributed by atoms with Crippen LogP contribution in [0.15, 0.2) is 46.3 Å². The summed E-state index contributed by atoms with van der Waals surface area (Å²) in [5, 5.41) is 0.753. The van der Waals surface area contributed by atoms with Crippen molar-refractivity contribution >= 4 is 34.6 Å². The van der Waals surface area contributed by atoms with Gasteiger partial charge >= 0.3 is 0 Å². The number of ether oxygens (including phenoxy) is 2. The van der Waals surface area contributed by atoms with Gasteiger partial charge in [0, 0.05) is 6.04 Å². The normalized spacial score (nSPS) is 20.6. The summed E-state index contributed by atoms with van der Waals surface area (Å²) in [4.78, 5) is 20.9. The van der Waals surface area contributed by atoms with Gasteiger partial charge in [0.2, 0.25) is 0 Å².